The third-order valence-electron chi connectivity index (χ3n) is 4.97. The maximum Gasteiger partial charge on any atom is 0.243 e. The first kappa shape index (κ1) is 19.4. The number of aliphatic hydroxyl groups excluding tert-OH is 1. The summed E-state index contributed by atoms with van der Waals surface area (Å²) in [6.45, 7) is 8.29. The van der Waals surface area contributed by atoms with Gasteiger partial charge in [0.1, 0.15) is 6.04 Å². The SMILES string of the molecule is CC(C)CC(=O)N1Cc2ccccc2CC1C(=O)NC(C)C(C)CO. The molecule has 138 valence electrons. The molecule has 0 aromatic heterocycles. The van der Waals surface area contributed by atoms with Gasteiger partial charge in [-0.05, 0) is 29.9 Å². The zero-order chi connectivity index (χ0) is 18.6. The Morgan fingerprint density at radius 3 is 2.44 bits per heavy atom. The summed E-state index contributed by atoms with van der Waals surface area (Å²) < 4.78 is 0. The highest BCUT2D eigenvalue weighted by atomic mass is 16.3. The van der Waals surface area contributed by atoms with Crippen molar-refractivity contribution in [1.82, 2.24) is 10.2 Å². The van der Waals surface area contributed by atoms with Gasteiger partial charge in [-0.3, -0.25) is 9.59 Å². The fourth-order valence-corrected chi connectivity index (χ4v) is 3.11. The van der Waals surface area contributed by atoms with E-state index in [0.29, 0.717) is 19.4 Å². The summed E-state index contributed by atoms with van der Waals surface area (Å²) in [6.07, 6.45) is 0.973. The van der Waals surface area contributed by atoms with E-state index in [1.54, 1.807) is 4.90 Å². The van der Waals surface area contributed by atoms with Crippen LogP contribution in [-0.2, 0) is 22.6 Å². The Kier molecular flexibility index (Phi) is 6.59. The Morgan fingerprint density at radius 1 is 1.20 bits per heavy atom. The number of benzene rings is 1. The second-order valence-electron chi connectivity index (χ2n) is 7.57. The van der Waals surface area contributed by atoms with Gasteiger partial charge in [0.25, 0.3) is 0 Å². The third-order valence-corrected chi connectivity index (χ3v) is 4.97. The van der Waals surface area contributed by atoms with Crippen LogP contribution in [0, 0.1) is 11.8 Å². The molecular formula is C20H30N2O3. The molecule has 2 amide bonds. The van der Waals surface area contributed by atoms with Gasteiger partial charge in [-0.25, -0.2) is 0 Å². The average molecular weight is 346 g/mol. The Labute approximate surface area is 150 Å². The molecule has 2 N–H and O–H groups in total. The molecule has 0 fully saturated rings. The van der Waals surface area contributed by atoms with Crippen molar-refractivity contribution >= 4 is 11.8 Å². The van der Waals surface area contributed by atoms with Gasteiger partial charge >= 0.3 is 0 Å². The van der Waals surface area contributed by atoms with E-state index >= 15 is 0 Å². The number of hydrogen-bond acceptors (Lipinski definition) is 3. The summed E-state index contributed by atoms with van der Waals surface area (Å²) in [5.41, 5.74) is 2.24. The van der Waals surface area contributed by atoms with Gasteiger partial charge < -0.3 is 15.3 Å². The molecule has 1 aromatic rings. The first-order valence-corrected chi connectivity index (χ1v) is 9.11. The van der Waals surface area contributed by atoms with Gasteiger partial charge in [-0.15, -0.1) is 0 Å². The number of nitrogens with zero attached hydrogens (tertiary/aromatic N) is 1. The molecule has 2 rings (SSSR count). The van der Waals surface area contributed by atoms with Crippen LogP contribution < -0.4 is 5.32 Å². The molecule has 0 radical (unpaired) electrons. The lowest BCUT2D eigenvalue weighted by atomic mass is 9.92. The van der Waals surface area contributed by atoms with Crippen LogP contribution in [0.2, 0.25) is 0 Å². The second kappa shape index (κ2) is 8.48. The van der Waals surface area contributed by atoms with Crippen LogP contribution in [0.15, 0.2) is 24.3 Å². The predicted molar refractivity (Wildman–Crippen MR) is 97.8 cm³/mol. The van der Waals surface area contributed by atoms with Crippen molar-refractivity contribution in [2.75, 3.05) is 6.61 Å². The van der Waals surface area contributed by atoms with Gasteiger partial charge in [0.05, 0.1) is 0 Å². The zero-order valence-corrected chi connectivity index (χ0v) is 15.7. The van der Waals surface area contributed by atoms with Crippen LogP contribution in [0.3, 0.4) is 0 Å². The Hall–Kier alpha value is -1.88. The lowest BCUT2D eigenvalue weighted by Gasteiger charge is -2.37. The third kappa shape index (κ3) is 4.82. The predicted octanol–water partition coefficient (Wildman–Crippen LogP) is 2.12. The molecule has 3 atom stereocenters. The zero-order valence-electron chi connectivity index (χ0n) is 15.7. The molecule has 0 aliphatic carbocycles. The van der Waals surface area contributed by atoms with Crippen LogP contribution in [0.25, 0.3) is 0 Å². The number of carbonyl (C=O) groups excluding carboxylic acids is 2. The Bertz CT molecular complexity index is 615. The molecule has 0 saturated heterocycles. The average Bonchev–Trinajstić information content (AvgIpc) is 2.58. The Morgan fingerprint density at radius 2 is 1.84 bits per heavy atom. The maximum atomic E-state index is 12.9. The smallest absolute Gasteiger partial charge is 0.243 e. The minimum Gasteiger partial charge on any atom is -0.396 e. The van der Waals surface area contributed by atoms with E-state index < -0.39 is 6.04 Å². The minimum atomic E-state index is -0.491. The number of fused-ring (bicyclic) bond motifs is 1. The van der Waals surface area contributed by atoms with Crippen molar-refractivity contribution in [3.63, 3.8) is 0 Å². The van der Waals surface area contributed by atoms with E-state index in [0.717, 1.165) is 11.1 Å². The summed E-state index contributed by atoms with van der Waals surface area (Å²) in [7, 11) is 0. The van der Waals surface area contributed by atoms with Crippen LogP contribution in [-0.4, -0.2) is 40.5 Å². The van der Waals surface area contributed by atoms with Gasteiger partial charge in [0.2, 0.25) is 11.8 Å². The molecule has 5 heteroatoms. The van der Waals surface area contributed by atoms with Crippen LogP contribution in [0.5, 0.6) is 0 Å². The highest BCUT2D eigenvalue weighted by Gasteiger charge is 2.35. The number of rotatable bonds is 6. The first-order valence-electron chi connectivity index (χ1n) is 9.11. The van der Waals surface area contributed by atoms with E-state index in [4.69, 9.17) is 0 Å². The summed E-state index contributed by atoms with van der Waals surface area (Å²) in [5.74, 6) is 0.105. The van der Waals surface area contributed by atoms with Crippen molar-refractivity contribution < 1.29 is 14.7 Å². The number of carbonyl (C=O) groups is 2. The molecule has 1 aliphatic rings. The number of hydrogen-bond donors (Lipinski definition) is 2. The lowest BCUT2D eigenvalue weighted by Crippen LogP contribution is -2.55. The van der Waals surface area contributed by atoms with Gasteiger partial charge in [-0.2, -0.15) is 0 Å². The van der Waals surface area contributed by atoms with Crippen LogP contribution in [0.4, 0.5) is 0 Å². The fourth-order valence-electron chi connectivity index (χ4n) is 3.11. The standard InChI is InChI=1S/C20H30N2O3/c1-13(2)9-19(24)22-11-17-8-6-5-7-16(17)10-18(22)20(25)21-15(4)14(3)12-23/h5-8,13-15,18,23H,9-12H2,1-4H3,(H,21,25). The molecule has 0 spiro atoms. The molecular weight excluding hydrogens is 316 g/mol. The van der Waals surface area contributed by atoms with Crippen molar-refractivity contribution in [1.29, 1.82) is 0 Å². The molecule has 1 aromatic carbocycles. The van der Waals surface area contributed by atoms with E-state index in [2.05, 4.69) is 5.32 Å². The Balaban J connectivity index is 2.21. The van der Waals surface area contributed by atoms with E-state index in [1.165, 1.54) is 0 Å². The highest BCUT2D eigenvalue weighted by molar-refractivity contribution is 5.88. The van der Waals surface area contributed by atoms with E-state index in [-0.39, 0.29) is 36.3 Å². The highest BCUT2D eigenvalue weighted by Crippen LogP contribution is 2.25. The summed E-state index contributed by atoms with van der Waals surface area (Å²) >= 11 is 0. The molecule has 1 heterocycles. The van der Waals surface area contributed by atoms with Gasteiger partial charge in [-0.1, -0.05) is 45.0 Å². The molecule has 0 bridgehead atoms. The topological polar surface area (TPSA) is 69.6 Å². The molecule has 0 saturated carbocycles. The van der Waals surface area contributed by atoms with Gasteiger partial charge in [0.15, 0.2) is 0 Å². The maximum absolute atomic E-state index is 12.9. The lowest BCUT2D eigenvalue weighted by molar-refractivity contribution is -0.142. The van der Waals surface area contributed by atoms with Crippen molar-refractivity contribution in [2.45, 2.75) is 59.2 Å². The summed E-state index contributed by atoms with van der Waals surface area (Å²) in [4.78, 5) is 27.3. The normalized spacial score (nSPS) is 19.3. The second-order valence-corrected chi connectivity index (χ2v) is 7.57. The van der Waals surface area contributed by atoms with E-state index in [1.807, 2.05) is 52.0 Å². The molecule has 25 heavy (non-hydrogen) atoms. The largest absolute Gasteiger partial charge is 0.396 e. The number of aliphatic hydroxyl groups is 1. The summed E-state index contributed by atoms with van der Waals surface area (Å²) in [6, 6.07) is 7.35. The fraction of sp³-hybridized carbons (Fsp3) is 0.600. The number of amides is 2. The first-order chi connectivity index (χ1) is 11.8. The van der Waals surface area contributed by atoms with Crippen molar-refractivity contribution in [3.05, 3.63) is 35.4 Å². The van der Waals surface area contributed by atoms with Crippen molar-refractivity contribution in [3.8, 4) is 0 Å². The molecule has 1 aliphatic heterocycles. The monoisotopic (exact) mass is 346 g/mol. The number of nitrogens with one attached hydrogen (secondary N) is 1. The van der Waals surface area contributed by atoms with E-state index in [9.17, 15) is 14.7 Å². The van der Waals surface area contributed by atoms with Crippen molar-refractivity contribution in [2.24, 2.45) is 11.8 Å². The summed E-state index contributed by atoms with van der Waals surface area (Å²) in [5, 5.41) is 12.3. The minimum absolute atomic E-state index is 0.0188. The molecule has 3 unspecified atom stereocenters. The van der Waals surface area contributed by atoms with Crippen LogP contribution in [0.1, 0.15) is 45.2 Å². The quantitative estimate of drug-likeness (QED) is 0.829. The van der Waals surface area contributed by atoms with Crippen LogP contribution >= 0.6 is 0 Å². The molecule has 5 nitrogen and oxygen atoms in total. The van der Waals surface area contributed by atoms with Gasteiger partial charge in [0, 0.05) is 32.0 Å².